The monoisotopic (exact) mass is 344 g/mol. The predicted molar refractivity (Wildman–Crippen MR) is 76.7 cm³/mol. The van der Waals surface area contributed by atoms with Crippen LogP contribution in [0.15, 0.2) is 33.2 Å². The highest BCUT2D eigenvalue weighted by Gasteiger charge is 2.09. The van der Waals surface area contributed by atoms with Crippen LogP contribution in [0.1, 0.15) is 5.89 Å². The maximum atomic E-state index is 9.20. The zero-order valence-electron chi connectivity index (χ0n) is 9.99. The first-order valence-electron chi connectivity index (χ1n) is 5.64. The van der Waals surface area contributed by atoms with Crippen LogP contribution in [0.25, 0.3) is 11.5 Å². The standard InChI is InChI=1S/C12H13BrN2O3S/c13-9-3-1-8(2-4-9)12-15-14-11(18-12)7-19-6-10(17)5-16/h1-4,10,16-17H,5-7H2. The van der Waals surface area contributed by atoms with Gasteiger partial charge in [0.25, 0.3) is 0 Å². The Balaban J connectivity index is 1.93. The van der Waals surface area contributed by atoms with Gasteiger partial charge < -0.3 is 14.6 Å². The molecule has 2 N–H and O–H groups in total. The zero-order valence-corrected chi connectivity index (χ0v) is 12.4. The Morgan fingerprint density at radius 3 is 2.68 bits per heavy atom. The Morgan fingerprint density at radius 2 is 2.00 bits per heavy atom. The fourth-order valence-corrected chi connectivity index (χ4v) is 2.41. The van der Waals surface area contributed by atoms with Gasteiger partial charge in [-0.1, -0.05) is 15.9 Å². The van der Waals surface area contributed by atoms with Crippen LogP contribution in [0.3, 0.4) is 0 Å². The molecule has 1 aromatic carbocycles. The van der Waals surface area contributed by atoms with Gasteiger partial charge in [-0.2, -0.15) is 0 Å². The summed E-state index contributed by atoms with van der Waals surface area (Å²) in [7, 11) is 0. The third-order valence-corrected chi connectivity index (χ3v) is 3.90. The molecule has 1 unspecified atom stereocenters. The highest BCUT2D eigenvalue weighted by Crippen LogP contribution is 2.22. The van der Waals surface area contributed by atoms with Gasteiger partial charge in [0.1, 0.15) is 0 Å². The van der Waals surface area contributed by atoms with Crippen molar-refractivity contribution in [1.82, 2.24) is 10.2 Å². The molecule has 19 heavy (non-hydrogen) atoms. The van der Waals surface area contributed by atoms with E-state index in [0.29, 0.717) is 23.3 Å². The fraction of sp³-hybridized carbons (Fsp3) is 0.333. The van der Waals surface area contributed by atoms with Crippen molar-refractivity contribution in [2.45, 2.75) is 11.9 Å². The first-order chi connectivity index (χ1) is 9.19. The van der Waals surface area contributed by atoms with E-state index in [4.69, 9.17) is 9.52 Å². The van der Waals surface area contributed by atoms with Crippen LogP contribution < -0.4 is 0 Å². The van der Waals surface area contributed by atoms with E-state index in [-0.39, 0.29) is 6.61 Å². The Kier molecular flexibility index (Phi) is 5.38. The van der Waals surface area contributed by atoms with Crippen molar-refractivity contribution < 1.29 is 14.6 Å². The predicted octanol–water partition coefficient (Wildman–Crippen LogP) is 2.09. The van der Waals surface area contributed by atoms with Crippen LogP contribution in [0.5, 0.6) is 0 Å². The molecule has 0 aliphatic heterocycles. The number of benzene rings is 1. The molecule has 1 aromatic heterocycles. The number of thioether (sulfide) groups is 1. The van der Waals surface area contributed by atoms with Crippen molar-refractivity contribution in [2.75, 3.05) is 12.4 Å². The first-order valence-corrected chi connectivity index (χ1v) is 7.59. The molecule has 0 aliphatic carbocycles. The van der Waals surface area contributed by atoms with E-state index in [1.54, 1.807) is 0 Å². The molecule has 0 radical (unpaired) electrons. The Labute approximate surface area is 123 Å². The van der Waals surface area contributed by atoms with Crippen LogP contribution in [-0.4, -0.2) is 38.9 Å². The average Bonchev–Trinajstić information content (AvgIpc) is 2.88. The highest BCUT2D eigenvalue weighted by molar-refractivity contribution is 9.10. The zero-order chi connectivity index (χ0) is 13.7. The molecule has 0 bridgehead atoms. The Hall–Kier alpha value is -0.890. The van der Waals surface area contributed by atoms with Crippen molar-refractivity contribution in [3.63, 3.8) is 0 Å². The van der Waals surface area contributed by atoms with Gasteiger partial charge >= 0.3 is 0 Å². The lowest BCUT2D eigenvalue weighted by Gasteiger charge is -2.03. The second-order valence-electron chi connectivity index (χ2n) is 3.86. The number of aromatic nitrogens is 2. The van der Waals surface area contributed by atoms with E-state index in [1.165, 1.54) is 11.8 Å². The van der Waals surface area contributed by atoms with E-state index in [2.05, 4.69) is 26.1 Å². The quantitative estimate of drug-likeness (QED) is 0.835. The third kappa shape index (κ3) is 4.31. The van der Waals surface area contributed by atoms with Crippen molar-refractivity contribution in [1.29, 1.82) is 0 Å². The second-order valence-corrected chi connectivity index (χ2v) is 5.81. The van der Waals surface area contributed by atoms with Crippen molar-refractivity contribution in [3.8, 4) is 11.5 Å². The molecule has 0 saturated heterocycles. The lowest BCUT2D eigenvalue weighted by Crippen LogP contribution is -2.14. The van der Waals surface area contributed by atoms with Crippen LogP contribution in [0.2, 0.25) is 0 Å². The first kappa shape index (κ1) is 14.5. The van der Waals surface area contributed by atoms with Crippen LogP contribution in [0.4, 0.5) is 0 Å². The van der Waals surface area contributed by atoms with Crippen molar-refractivity contribution in [3.05, 3.63) is 34.6 Å². The number of hydrogen-bond donors (Lipinski definition) is 2. The normalized spacial score (nSPS) is 12.6. The van der Waals surface area contributed by atoms with Gasteiger partial charge in [-0.25, -0.2) is 0 Å². The summed E-state index contributed by atoms with van der Waals surface area (Å²) in [6.45, 7) is -0.235. The maximum Gasteiger partial charge on any atom is 0.247 e. The minimum atomic E-state index is -0.709. The van der Waals surface area contributed by atoms with Gasteiger partial charge in [-0.3, -0.25) is 0 Å². The lowest BCUT2D eigenvalue weighted by atomic mass is 10.2. The number of hydrogen-bond acceptors (Lipinski definition) is 6. The third-order valence-electron chi connectivity index (χ3n) is 2.30. The smallest absolute Gasteiger partial charge is 0.247 e. The summed E-state index contributed by atoms with van der Waals surface area (Å²) >= 11 is 4.80. The molecule has 1 atom stereocenters. The summed E-state index contributed by atoms with van der Waals surface area (Å²) < 4.78 is 6.51. The number of nitrogens with zero attached hydrogens (tertiary/aromatic N) is 2. The number of halogens is 1. The van der Waals surface area contributed by atoms with Gasteiger partial charge in [0, 0.05) is 15.8 Å². The minimum absolute atomic E-state index is 0.235. The van der Waals surface area contributed by atoms with Crippen LogP contribution in [-0.2, 0) is 5.75 Å². The molecule has 0 aliphatic rings. The van der Waals surface area contributed by atoms with Gasteiger partial charge in [-0.15, -0.1) is 22.0 Å². The van der Waals surface area contributed by atoms with Gasteiger partial charge in [0.15, 0.2) is 0 Å². The Morgan fingerprint density at radius 1 is 1.26 bits per heavy atom. The van der Waals surface area contributed by atoms with Crippen molar-refractivity contribution >= 4 is 27.7 Å². The van der Waals surface area contributed by atoms with Gasteiger partial charge in [0.05, 0.1) is 18.5 Å². The average molecular weight is 345 g/mol. The van der Waals surface area contributed by atoms with E-state index < -0.39 is 6.10 Å². The maximum absolute atomic E-state index is 9.20. The molecular weight excluding hydrogens is 332 g/mol. The van der Waals surface area contributed by atoms with E-state index in [9.17, 15) is 5.11 Å². The van der Waals surface area contributed by atoms with Crippen molar-refractivity contribution in [2.24, 2.45) is 0 Å². The summed E-state index contributed by atoms with van der Waals surface area (Å²) in [5.41, 5.74) is 0.863. The molecule has 2 aromatic rings. The van der Waals surface area contributed by atoms with E-state index in [0.717, 1.165) is 10.0 Å². The van der Waals surface area contributed by atoms with E-state index in [1.807, 2.05) is 24.3 Å². The molecule has 0 saturated carbocycles. The van der Waals surface area contributed by atoms with Gasteiger partial charge in [0.2, 0.25) is 11.8 Å². The lowest BCUT2D eigenvalue weighted by molar-refractivity contribution is 0.113. The molecular formula is C12H13BrN2O3S. The molecule has 7 heteroatoms. The summed E-state index contributed by atoms with van der Waals surface area (Å²) in [5.74, 6) is 1.94. The number of aliphatic hydroxyl groups is 2. The van der Waals surface area contributed by atoms with Gasteiger partial charge in [-0.05, 0) is 24.3 Å². The number of rotatable bonds is 6. The summed E-state index contributed by atoms with van der Waals surface area (Å²) in [4.78, 5) is 0. The summed E-state index contributed by atoms with van der Waals surface area (Å²) in [6, 6.07) is 7.60. The topological polar surface area (TPSA) is 79.4 Å². The molecule has 102 valence electrons. The Bertz CT molecular complexity index is 518. The highest BCUT2D eigenvalue weighted by atomic mass is 79.9. The molecule has 2 rings (SSSR count). The minimum Gasteiger partial charge on any atom is -0.420 e. The molecule has 5 nitrogen and oxygen atoms in total. The van der Waals surface area contributed by atoms with Crippen LogP contribution in [0, 0.1) is 0 Å². The second kappa shape index (κ2) is 7.04. The fourth-order valence-electron chi connectivity index (χ4n) is 1.36. The molecule has 0 amide bonds. The molecule has 0 spiro atoms. The molecule has 0 fully saturated rings. The number of aliphatic hydroxyl groups excluding tert-OH is 2. The molecule has 1 heterocycles. The largest absolute Gasteiger partial charge is 0.420 e. The van der Waals surface area contributed by atoms with E-state index >= 15 is 0 Å². The summed E-state index contributed by atoms with van der Waals surface area (Å²) in [5, 5.41) is 25.8. The summed E-state index contributed by atoms with van der Waals surface area (Å²) in [6.07, 6.45) is -0.709. The SMILES string of the molecule is OCC(O)CSCc1nnc(-c2ccc(Br)cc2)o1. The van der Waals surface area contributed by atoms with Crippen LogP contribution >= 0.6 is 27.7 Å².